The maximum Gasteiger partial charge on any atom is 0.472 e. The van der Waals surface area contributed by atoms with Gasteiger partial charge in [-0.05, 0) is 38.5 Å². The van der Waals surface area contributed by atoms with E-state index < -0.39 is 57.6 Å². The number of rotatable bonds is 40. The van der Waals surface area contributed by atoms with Crippen LogP contribution in [0.1, 0.15) is 207 Å². The summed E-state index contributed by atoms with van der Waals surface area (Å²) in [4.78, 5) is 46.8. The summed E-state index contributed by atoms with van der Waals surface area (Å²) < 4.78 is 73.5. The Hall–Kier alpha value is -0.780. The molecule has 0 aliphatic carbocycles. The number of hydrogen-bond donors (Lipinski definition) is 3. The summed E-state index contributed by atoms with van der Waals surface area (Å²) in [6.07, 6.45) is 28.2. The van der Waals surface area contributed by atoms with Gasteiger partial charge in [0.05, 0.1) is 20.0 Å². The van der Waals surface area contributed by atoms with Gasteiger partial charge in [-0.2, -0.15) is 0 Å². The Bertz CT molecular complexity index is 1190. The first kappa shape index (κ1) is 45.9. The molecule has 0 aliphatic heterocycles. The van der Waals surface area contributed by atoms with Crippen LogP contribution in [-0.4, -0.2) is 89.3 Å². The number of esters is 2. The van der Waals surface area contributed by atoms with Crippen LogP contribution in [0, 0.1) is 0 Å². The molecule has 313 valence electrons. The molecule has 0 saturated heterocycles. The molecule has 3 atom stereocenters. The number of phosphoric ester groups is 1. The zero-order valence-electron chi connectivity index (χ0n) is 39.1. The third-order valence-electron chi connectivity index (χ3n) is 8.84. The van der Waals surface area contributed by atoms with Gasteiger partial charge in [0.2, 0.25) is 0 Å². The van der Waals surface area contributed by atoms with Gasteiger partial charge in [-0.3, -0.25) is 23.4 Å². The number of hydrogen-bond acceptors (Lipinski definition) is 9. The molecule has 0 fully saturated rings. The molecule has 0 rings (SSSR count). The molecule has 0 heterocycles. The first-order chi connectivity index (χ1) is 27.4. The smallest absolute Gasteiger partial charge is 0.472 e. The van der Waals surface area contributed by atoms with Crippen molar-refractivity contribution in [3.8, 4) is 0 Å². The van der Waals surface area contributed by atoms with Crippen molar-refractivity contribution in [2.75, 3.05) is 19.7 Å². The summed E-state index contributed by atoms with van der Waals surface area (Å²) >= 11 is 0. The van der Waals surface area contributed by atoms with Crippen molar-refractivity contribution in [1.29, 1.82) is 0 Å². The van der Waals surface area contributed by atoms with E-state index in [1.807, 2.05) is 0 Å². The van der Waals surface area contributed by atoms with E-state index in [2.05, 4.69) is 35.0 Å². The number of unbranched alkanes of at least 4 members (excludes halogenated alkanes) is 24. The van der Waals surface area contributed by atoms with Crippen molar-refractivity contribution in [3.05, 3.63) is 12.2 Å². The second-order valence-corrected chi connectivity index (χ2v) is 15.3. The zero-order valence-corrected chi connectivity index (χ0v) is 37.0. The maximum absolute atomic E-state index is 12.9. The molecule has 0 aromatic carbocycles. The Balaban J connectivity index is 0. The van der Waals surface area contributed by atoms with E-state index >= 15 is 0 Å². The Morgan fingerprint density at radius 2 is 1.04 bits per heavy atom. The normalized spacial score (nSPS) is 16.1. The van der Waals surface area contributed by atoms with Crippen molar-refractivity contribution in [1.82, 2.24) is 0 Å². The van der Waals surface area contributed by atoms with Gasteiger partial charge in [-0.1, -0.05) is 161 Å². The molecule has 0 aliphatic rings. The van der Waals surface area contributed by atoms with Crippen LogP contribution in [0.15, 0.2) is 12.2 Å². The Morgan fingerprint density at radius 3 is 1.46 bits per heavy atom. The SMILES string of the molecule is [2H]C([2H])(OC(=O)CCCCCCCCCCCCCCCC)[C@@]([2H])(OC(=O)CCCCCCC/C=C\CCCCCCCC)C([2H])([2H])OP(=O)(O)OC[C@H](N)C(=O)O.[Na]. The van der Waals surface area contributed by atoms with E-state index in [4.69, 9.17) is 27.2 Å². The maximum atomic E-state index is 12.9. The minimum absolute atomic E-state index is 0. The fourth-order valence-corrected chi connectivity index (χ4v) is 6.16. The number of ether oxygens (including phenoxy) is 2. The van der Waals surface area contributed by atoms with Crippen molar-refractivity contribution in [3.63, 3.8) is 0 Å². The first-order valence-corrected chi connectivity index (χ1v) is 22.2. The van der Waals surface area contributed by atoms with Crippen molar-refractivity contribution in [2.45, 2.75) is 212 Å². The molecular weight excluding hydrogens is 720 g/mol. The standard InChI is InChI=1S/C41H78NO10P.Na/c1-3-5-7-9-11-13-15-17-19-21-23-25-27-29-31-33-40(44)52-37(35-50-53(47,48)51-36-38(42)41(45)46)34-49-39(43)32-30-28-26-24-22-20-18-16-14-12-10-8-6-4-2;/h17,19,37-38H,3-16,18,20-36,42H2,1-2H3,(H,45,46)(H,47,48);/b19-17-;/t37-,38+;/m1./s1/i34D2,35D2,37D;. The predicted octanol–water partition coefficient (Wildman–Crippen LogP) is 10.5. The minimum atomic E-state index is -5.59. The number of carboxylic acids is 1. The quantitative estimate of drug-likeness (QED) is 0.0177. The molecule has 11 nitrogen and oxygen atoms in total. The van der Waals surface area contributed by atoms with E-state index in [-0.39, 0.29) is 48.8 Å². The van der Waals surface area contributed by atoms with Crippen molar-refractivity contribution >= 4 is 55.3 Å². The number of carboxylic acid groups (broad SMARTS) is 1. The average Bonchev–Trinajstić information content (AvgIpc) is 3.14. The van der Waals surface area contributed by atoms with Gasteiger partial charge in [0, 0.05) is 42.4 Å². The molecule has 54 heavy (non-hydrogen) atoms. The summed E-state index contributed by atoms with van der Waals surface area (Å²) in [6.45, 7) is -4.39. The number of phosphoric acid groups is 1. The third-order valence-corrected chi connectivity index (χ3v) is 9.64. The van der Waals surface area contributed by atoms with E-state index in [9.17, 15) is 23.8 Å². The van der Waals surface area contributed by atoms with Crippen LogP contribution in [0.25, 0.3) is 0 Å². The summed E-state index contributed by atoms with van der Waals surface area (Å²) in [7, 11) is -5.59. The Kier molecular flexibility index (Phi) is 34.4. The molecule has 0 spiro atoms. The monoisotopic (exact) mass is 804 g/mol. The molecule has 0 aromatic rings. The third kappa shape index (κ3) is 39.5. The van der Waals surface area contributed by atoms with Gasteiger partial charge in [0.1, 0.15) is 12.6 Å². The van der Waals surface area contributed by atoms with Crippen molar-refractivity contribution in [2.24, 2.45) is 5.73 Å². The van der Waals surface area contributed by atoms with Gasteiger partial charge in [-0.15, -0.1) is 0 Å². The van der Waals surface area contributed by atoms with Gasteiger partial charge in [0.25, 0.3) is 0 Å². The van der Waals surface area contributed by atoms with Crippen LogP contribution in [0.3, 0.4) is 0 Å². The van der Waals surface area contributed by atoms with Gasteiger partial charge in [-0.25, -0.2) is 4.57 Å². The second kappa shape index (κ2) is 40.4. The number of nitrogens with two attached hydrogens (primary N) is 1. The molecule has 13 heteroatoms. The van der Waals surface area contributed by atoms with Crippen molar-refractivity contribution < 1.29 is 54.3 Å². The predicted molar refractivity (Wildman–Crippen MR) is 218 cm³/mol. The summed E-state index contributed by atoms with van der Waals surface area (Å²) in [5, 5.41) is 8.93. The minimum Gasteiger partial charge on any atom is -0.480 e. The number of allylic oxidation sites excluding steroid dienone is 2. The second-order valence-electron chi connectivity index (χ2n) is 14.0. The molecule has 1 radical (unpaired) electrons. The first-order valence-electron chi connectivity index (χ1n) is 23.2. The Labute approximate surface area is 358 Å². The van der Waals surface area contributed by atoms with Crippen LogP contribution < -0.4 is 5.73 Å². The topological polar surface area (TPSA) is 172 Å². The molecule has 0 bridgehead atoms. The van der Waals surface area contributed by atoms with Gasteiger partial charge >= 0.3 is 25.7 Å². The van der Waals surface area contributed by atoms with E-state index in [1.165, 1.54) is 89.9 Å². The fourth-order valence-electron chi connectivity index (χ4n) is 5.56. The van der Waals surface area contributed by atoms with Crippen LogP contribution in [0.4, 0.5) is 0 Å². The van der Waals surface area contributed by atoms with Crippen LogP contribution in [0.5, 0.6) is 0 Å². The molecule has 1 unspecified atom stereocenters. The van der Waals surface area contributed by atoms with E-state index in [0.717, 1.165) is 57.8 Å². The molecule has 0 saturated carbocycles. The summed E-state index contributed by atoms with van der Waals surface area (Å²) in [5.74, 6) is -3.97. The zero-order chi connectivity index (χ0) is 43.8. The van der Waals surface area contributed by atoms with Gasteiger partial charge < -0.3 is 25.2 Å². The van der Waals surface area contributed by atoms with Crippen LogP contribution in [-0.2, 0) is 37.5 Å². The fraction of sp³-hybridized carbons (Fsp3) is 0.878. The number of carbonyl (C=O) groups excluding carboxylic acids is 2. The number of aliphatic carboxylic acids is 1. The van der Waals surface area contributed by atoms with Crippen LogP contribution >= 0.6 is 7.82 Å². The molecular formula is C41H78NNaO10P. The molecule has 0 amide bonds. The van der Waals surface area contributed by atoms with Crippen LogP contribution in [0.2, 0.25) is 0 Å². The number of carbonyl (C=O) groups is 3. The van der Waals surface area contributed by atoms with E-state index in [1.54, 1.807) is 0 Å². The molecule has 4 N–H and O–H groups in total. The van der Waals surface area contributed by atoms with Gasteiger partial charge in [0.15, 0.2) is 6.08 Å². The van der Waals surface area contributed by atoms with E-state index in [0.29, 0.717) is 19.3 Å². The average molecular weight is 804 g/mol. The molecule has 0 aromatic heterocycles. The summed E-state index contributed by atoms with van der Waals surface area (Å²) in [6, 6.07) is -1.80. The largest absolute Gasteiger partial charge is 0.480 e. The summed E-state index contributed by atoms with van der Waals surface area (Å²) in [5.41, 5.74) is 5.27. The Morgan fingerprint density at radius 1 is 0.648 bits per heavy atom.